The van der Waals surface area contributed by atoms with Crippen molar-refractivity contribution in [1.29, 1.82) is 0 Å². The first-order valence-corrected chi connectivity index (χ1v) is 6.54. The monoisotopic (exact) mass is 328 g/mol. The minimum absolute atomic E-state index is 0.0482. The molecule has 23 heavy (non-hydrogen) atoms. The third kappa shape index (κ3) is 3.76. The second-order valence-corrected chi connectivity index (χ2v) is 5.64. The number of carbonyl (C=O) groups excluding carboxylic acids is 1. The number of nitrogens with zero attached hydrogens (tertiary/aromatic N) is 4. The molecule has 0 saturated heterocycles. The van der Waals surface area contributed by atoms with Crippen molar-refractivity contribution >= 4 is 5.97 Å². The summed E-state index contributed by atoms with van der Waals surface area (Å²) in [5.41, 5.74) is -1.34. The van der Waals surface area contributed by atoms with Crippen molar-refractivity contribution in [2.45, 2.75) is 33.9 Å². The van der Waals surface area contributed by atoms with Crippen LogP contribution in [0.5, 0.6) is 0 Å². The van der Waals surface area contributed by atoms with E-state index in [0.717, 1.165) is 17.0 Å². The maximum atomic E-state index is 12.7. The minimum Gasteiger partial charge on any atom is -0.443 e. The molecule has 0 fully saturated rings. The van der Waals surface area contributed by atoms with Crippen LogP contribution in [0.3, 0.4) is 0 Å². The van der Waals surface area contributed by atoms with Crippen LogP contribution in [0.25, 0.3) is 11.5 Å². The lowest BCUT2D eigenvalue weighted by molar-refractivity contribution is -0.157. The van der Waals surface area contributed by atoms with Crippen molar-refractivity contribution < 1.29 is 22.8 Å². The zero-order chi connectivity index (χ0) is 17.2. The number of ether oxygens (including phenoxy) is 1. The predicted molar refractivity (Wildman–Crippen MR) is 72.3 cm³/mol. The van der Waals surface area contributed by atoms with E-state index < -0.39 is 36.0 Å². The topological polar surface area (TPSA) is 100 Å². The van der Waals surface area contributed by atoms with Gasteiger partial charge in [-0.3, -0.25) is 9.32 Å². The van der Waals surface area contributed by atoms with Gasteiger partial charge >= 0.3 is 11.7 Å². The van der Waals surface area contributed by atoms with Gasteiger partial charge in [0.2, 0.25) is 5.82 Å². The molecule has 2 aromatic rings. The Kier molecular flexibility index (Phi) is 4.52. The van der Waals surface area contributed by atoms with Crippen LogP contribution in [-0.2, 0) is 16.3 Å². The second-order valence-electron chi connectivity index (χ2n) is 5.64. The van der Waals surface area contributed by atoms with E-state index in [2.05, 4.69) is 19.6 Å². The highest BCUT2D eigenvalue weighted by molar-refractivity contribution is 5.75. The van der Waals surface area contributed by atoms with Crippen molar-refractivity contribution in [3.8, 4) is 11.5 Å². The van der Waals surface area contributed by atoms with Crippen LogP contribution in [0.2, 0.25) is 0 Å². The van der Waals surface area contributed by atoms with E-state index >= 15 is 0 Å². The highest BCUT2D eigenvalue weighted by Crippen LogP contribution is 2.21. The van der Waals surface area contributed by atoms with Crippen LogP contribution in [0.4, 0.5) is 8.78 Å². The van der Waals surface area contributed by atoms with Gasteiger partial charge in [-0.1, -0.05) is 5.16 Å². The van der Waals surface area contributed by atoms with E-state index in [1.54, 1.807) is 20.8 Å². The molecule has 124 valence electrons. The molecule has 0 aliphatic carbocycles. The molecule has 0 N–H and O–H groups in total. The zero-order valence-electron chi connectivity index (χ0n) is 12.6. The van der Waals surface area contributed by atoms with Gasteiger partial charge < -0.3 is 4.74 Å². The van der Waals surface area contributed by atoms with Gasteiger partial charge in [0, 0.05) is 0 Å². The van der Waals surface area contributed by atoms with E-state index in [1.807, 2.05) is 0 Å². The molecule has 0 aromatic carbocycles. The van der Waals surface area contributed by atoms with Crippen molar-refractivity contribution in [3.05, 3.63) is 28.6 Å². The van der Waals surface area contributed by atoms with Gasteiger partial charge in [0.25, 0.3) is 6.43 Å². The van der Waals surface area contributed by atoms with Crippen molar-refractivity contribution in [2.24, 2.45) is 5.41 Å². The number of rotatable bonds is 4. The Bertz CT molecular complexity index is 764. The lowest BCUT2D eigenvalue weighted by atomic mass is 9.98. The molecule has 0 aliphatic rings. The van der Waals surface area contributed by atoms with Crippen LogP contribution in [0.1, 0.15) is 32.9 Å². The summed E-state index contributed by atoms with van der Waals surface area (Å²) in [6, 6.07) is 0.976. The van der Waals surface area contributed by atoms with Gasteiger partial charge in [-0.25, -0.2) is 28.1 Å². The standard InChI is InChI=1S/C13H14F2N4O4/c1-13(2,3)11(20)22-6-19-10(18-23-12(19)21)8-4-7(9(14)15)16-5-17-8/h4-5,9H,6H2,1-3H3. The first kappa shape index (κ1) is 16.7. The lowest BCUT2D eigenvalue weighted by Crippen LogP contribution is -2.26. The van der Waals surface area contributed by atoms with Crippen LogP contribution in [0.15, 0.2) is 21.7 Å². The Labute approximate surface area is 129 Å². The van der Waals surface area contributed by atoms with E-state index in [-0.39, 0.29) is 11.5 Å². The molecule has 0 radical (unpaired) electrons. The maximum Gasteiger partial charge on any atom is 0.444 e. The largest absolute Gasteiger partial charge is 0.444 e. The van der Waals surface area contributed by atoms with Crippen LogP contribution >= 0.6 is 0 Å². The minimum atomic E-state index is -2.80. The second kappa shape index (κ2) is 6.23. The van der Waals surface area contributed by atoms with Crippen molar-refractivity contribution in [2.75, 3.05) is 0 Å². The van der Waals surface area contributed by atoms with Gasteiger partial charge in [0.1, 0.15) is 17.7 Å². The fourth-order valence-electron chi connectivity index (χ4n) is 1.52. The molecule has 0 bridgehead atoms. The van der Waals surface area contributed by atoms with Gasteiger partial charge in [-0.05, 0) is 26.8 Å². The average molecular weight is 328 g/mol. The van der Waals surface area contributed by atoms with Gasteiger partial charge in [0.05, 0.1) is 5.41 Å². The first-order valence-electron chi connectivity index (χ1n) is 6.54. The summed E-state index contributed by atoms with van der Waals surface area (Å²) in [4.78, 5) is 30.6. The molecule has 0 saturated carbocycles. The van der Waals surface area contributed by atoms with Crippen LogP contribution in [0, 0.1) is 5.41 Å². The summed E-state index contributed by atoms with van der Waals surface area (Å²) in [6.07, 6.45) is -1.89. The molecule has 2 rings (SSSR count). The SMILES string of the molecule is CC(C)(C)C(=O)OCn1c(-c2cc(C(F)F)ncn2)noc1=O. The van der Waals surface area contributed by atoms with Gasteiger partial charge in [-0.2, -0.15) is 0 Å². The molecule has 0 unspecified atom stereocenters. The Hall–Kier alpha value is -2.65. The normalized spacial score (nSPS) is 11.7. The quantitative estimate of drug-likeness (QED) is 0.788. The number of aromatic nitrogens is 4. The van der Waals surface area contributed by atoms with E-state index in [1.165, 1.54) is 0 Å². The van der Waals surface area contributed by atoms with Gasteiger partial charge in [0.15, 0.2) is 6.73 Å². The van der Waals surface area contributed by atoms with Crippen LogP contribution in [-0.4, -0.2) is 25.7 Å². The van der Waals surface area contributed by atoms with E-state index in [0.29, 0.717) is 0 Å². The molecule has 0 atom stereocenters. The summed E-state index contributed by atoms with van der Waals surface area (Å²) < 4.78 is 35.7. The molecule has 2 aromatic heterocycles. The smallest absolute Gasteiger partial charge is 0.443 e. The summed E-state index contributed by atoms with van der Waals surface area (Å²) in [5, 5.41) is 3.48. The molecule has 10 heteroatoms. The van der Waals surface area contributed by atoms with Gasteiger partial charge in [-0.15, -0.1) is 0 Å². The predicted octanol–water partition coefficient (Wildman–Crippen LogP) is 1.78. The highest BCUT2D eigenvalue weighted by Gasteiger charge is 2.24. The molecule has 0 aliphatic heterocycles. The van der Waals surface area contributed by atoms with E-state index in [4.69, 9.17) is 4.74 Å². The molecular weight excluding hydrogens is 314 g/mol. The van der Waals surface area contributed by atoms with Crippen LogP contribution < -0.4 is 5.76 Å². The first-order chi connectivity index (χ1) is 10.7. The third-order valence-electron chi connectivity index (χ3n) is 2.76. The fraction of sp³-hybridized carbons (Fsp3) is 0.462. The highest BCUT2D eigenvalue weighted by atomic mass is 19.3. The zero-order valence-corrected chi connectivity index (χ0v) is 12.6. The molecular formula is C13H14F2N4O4. The number of esters is 1. The molecule has 8 nitrogen and oxygen atoms in total. The Morgan fingerprint density at radius 3 is 2.70 bits per heavy atom. The summed E-state index contributed by atoms with van der Waals surface area (Å²) in [7, 11) is 0. The summed E-state index contributed by atoms with van der Waals surface area (Å²) in [6.45, 7) is 4.46. The summed E-state index contributed by atoms with van der Waals surface area (Å²) >= 11 is 0. The average Bonchev–Trinajstić information content (AvgIpc) is 2.85. The number of carbonyl (C=O) groups is 1. The number of hydrogen-bond acceptors (Lipinski definition) is 7. The Morgan fingerprint density at radius 2 is 2.09 bits per heavy atom. The van der Waals surface area contributed by atoms with Crippen molar-refractivity contribution in [3.63, 3.8) is 0 Å². The molecule has 0 spiro atoms. The van der Waals surface area contributed by atoms with Crippen molar-refractivity contribution in [1.82, 2.24) is 19.7 Å². The number of alkyl halides is 2. The number of halogens is 2. The summed E-state index contributed by atoms with van der Waals surface area (Å²) in [5.74, 6) is -1.59. The third-order valence-corrected chi connectivity index (χ3v) is 2.76. The number of hydrogen-bond donors (Lipinski definition) is 0. The molecule has 2 heterocycles. The lowest BCUT2D eigenvalue weighted by Gasteiger charge is -2.16. The molecule has 0 amide bonds. The fourth-order valence-corrected chi connectivity index (χ4v) is 1.52. The maximum absolute atomic E-state index is 12.7. The Balaban J connectivity index is 2.30. The van der Waals surface area contributed by atoms with E-state index in [9.17, 15) is 18.4 Å². The Morgan fingerprint density at radius 1 is 1.39 bits per heavy atom.